The highest BCUT2D eigenvalue weighted by Crippen LogP contribution is 2.25. The molecule has 0 aliphatic carbocycles. The molecule has 20 heavy (non-hydrogen) atoms. The van der Waals surface area contributed by atoms with Crippen LogP contribution < -0.4 is 4.74 Å². The number of rotatable bonds is 3. The Morgan fingerprint density at radius 1 is 1.45 bits per heavy atom. The highest BCUT2D eigenvalue weighted by atomic mass is 79.9. The zero-order chi connectivity index (χ0) is 14.9. The fourth-order valence-electron chi connectivity index (χ4n) is 2.23. The van der Waals surface area contributed by atoms with Crippen LogP contribution in [-0.2, 0) is 9.84 Å². The van der Waals surface area contributed by atoms with E-state index in [9.17, 15) is 13.2 Å². The molecule has 1 unspecified atom stereocenters. The molecule has 0 N–H and O–H groups in total. The predicted molar refractivity (Wildman–Crippen MR) is 79.8 cm³/mol. The maximum absolute atomic E-state index is 12.5. The summed E-state index contributed by atoms with van der Waals surface area (Å²) in [6, 6.07) is 4.88. The summed E-state index contributed by atoms with van der Waals surface area (Å²) in [6.07, 6.45) is 0.492. The maximum atomic E-state index is 12.5. The summed E-state index contributed by atoms with van der Waals surface area (Å²) in [5.74, 6) is 0.563. The van der Waals surface area contributed by atoms with Crippen LogP contribution >= 0.6 is 15.9 Å². The van der Waals surface area contributed by atoms with Gasteiger partial charge in [0, 0.05) is 17.6 Å². The molecule has 110 valence electrons. The lowest BCUT2D eigenvalue weighted by Gasteiger charge is -2.24. The van der Waals surface area contributed by atoms with Crippen LogP contribution in [0.1, 0.15) is 16.8 Å². The molecule has 1 amide bonds. The summed E-state index contributed by atoms with van der Waals surface area (Å²) in [4.78, 5) is 14.0. The van der Waals surface area contributed by atoms with E-state index in [0.29, 0.717) is 22.2 Å². The highest BCUT2D eigenvalue weighted by molar-refractivity contribution is 9.10. The number of carbonyl (C=O) groups is 1. The zero-order valence-electron chi connectivity index (χ0n) is 11.3. The number of sulfone groups is 1. The number of ether oxygens (including phenoxy) is 1. The van der Waals surface area contributed by atoms with Gasteiger partial charge in [-0.05, 0) is 40.5 Å². The maximum Gasteiger partial charge on any atom is 0.255 e. The number of methoxy groups -OCH3 is 1. The van der Waals surface area contributed by atoms with Gasteiger partial charge in [-0.1, -0.05) is 0 Å². The van der Waals surface area contributed by atoms with Gasteiger partial charge in [-0.15, -0.1) is 0 Å². The SMILES string of the molecule is COc1ccc(Br)c(C(=O)N(C)C2CCS(=O)(=O)C2)c1. The molecule has 7 heteroatoms. The van der Waals surface area contributed by atoms with Crippen molar-refractivity contribution >= 4 is 31.7 Å². The van der Waals surface area contributed by atoms with Gasteiger partial charge < -0.3 is 9.64 Å². The second-order valence-electron chi connectivity index (χ2n) is 4.82. The third-order valence-electron chi connectivity index (χ3n) is 3.48. The van der Waals surface area contributed by atoms with Crippen LogP contribution in [0, 0.1) is 0 Å². The number of hydrogen-bond donors (Lipinski definition) is 0. The van der Waals surface area contributed by atoms with Crippen LogP contribution in [0.15, 0.2) is 22.7 Å². The molecule has 1 saturated heterocycles. The number of nitrogens with zero attached hydrogens (tertiary/aromatic N) is 1. The summed E-state index contributed by atoms with van der Waals surface area (Å²) in [5, 5.41) is 0. The lowest BCUT2D eigenvalue weighted by molar-refractivity contribution is 0.0746. The monoisotopic (exact) mass is 361 g/mol. The lowest BCUT2D eigenvalue weighted by atomic mass is 10.1. The summed E-state index contributed by atoms with van der Waals surface area (Å²) in [6.45, 7) is 0. The topological polar surface area (TPSA) is 63.7 Å². The largest absolute Gasteiger partial charge is 0.497 e. The van der Waals surface area contributed by atoms with Gasteiger partial charge in [0.15, 0.2) is 9.84 Å². The van der Waals surface area contributed by atoms with Gasteiger partial charge in [0.05, 0.1) is 24.2 Å². The van der Waals surface area contributed by atoms with Crippen molar-refractivity contribution in [2.24, 2.45) is 0 Å². The number of halogens is 1. The number of benzene rings is 1. The molecule has 1 aromatic carbocycles. The molecule has 1 aromatic rings. The lowest BCUT2D eigenvalue weighted by Crippen LogP contribution is -2.38. The molecular weight excluding hydrogens is 346 g/mol. The van der Waals surface area contributed by atoms with Crippen molar-refractivity contribution in [2.75, 3.05) is 25.7 Å². The van der Waals surface area contributed by atoms with E-state index in [1.54, 1.807) is 25.2 Å². The van der Waals surface area contributed by atoms with Crippen LogP contribution in [0.4, 0.5) is 0 Å². The predicted octanol–water partition coefficient (Wildman–Crippen LogP) is 1.72. The first kappa shape index (κ1) is 15.3. The Morgan fingerprint density at radius 2 is 2.15 bits per heavy atom. The number of hydrogen-bond acceptors (Lipinski definition) is 4. The first-order valence-electron chi connectivity index (χ1n) is 6.15. The van der Waals surface area contributed by atoms with Crippen molar-refractivity contribution < 1.29 is 17.9 Å². The Hall–Kier alpha value is -1.08. The third-order valence-corrected chi connectivity index (χ3v) is 5.92. The van der Waals surface area contributed by atoms with E-state index in [4.69, 9.17) is 4.74 Å². The van der Waals surface area contributed by atoms with Crippen LogP contribution in [-0.4, -0.2) is 50.9 Å². The van der Waals surface area contributed by atoms with E-state index in [1.807, 2.05) is 0 Å². The van der Waals surface area contributed by atoms with Crippen molar-refractivity contribution in [3.8, 4) is 5.75 Å². The Bertz CT molecular complexity index is 629. The van der Waals surface area contributed by atoms with Crippen molar-refractivity contribution in [3.05, 3.63) is 28.2 Å². The number of carbonyl (C=O) groups excluding carboxylic acids is 1. The van der Waals surface area contributed by atoms with Crippen molar-refractivity contribution in [1.29, 1.82) is 0 Å². The minimum atomic E-state index is -3.01. The molecule has 1 heterocycles. The normalized spacial score (nSPS) is 20.6. The van der Waals surface area contributed by atoms with Crippen LogP contribution in [0.2, 0.25) is 0 Å². The molecular formula is C13H16BrNO4S. The van der Waals surface area contributed by atoms with Gasteiger partial charge in [0.1, 0.15) is 5.75 Å². The van der Waals surface area contributed by atoms with Crippen molar-refractivity contribution in [3.63, 3.8) is 0 Å². The molecule has 1 fully saturated rings. The van der Waals surface area contributed by atoms with E-state index >= 15 is 0 Å². The Balaban J connectivity index is 2.23. The van der Waals surface area contributed by atoms with Gasteiger partial charge in [0.2, 0.25) is 0 Å². The molecule has 1 aliphatic heterocycles. The smallest absolute Gasteiger partial charge is 0.255 e. The van der Waals surface area contributed by atoms with E-state index in [0.717, 1.165) is 0 Å². The van der Waals surface area contributed by atoms with Gasteiger partial charge in [-0.3, -0.25) is 4.79 Å². The first-order chi connectivity index (χ1) is 9.34. The second kappa shape index (κ2) is 5.73. The van der Waals surface area contributed by atoms with Crippen molar-refractivity contribution in [1.82, 2.24) is 4.90 Å². The van der Waals surface area contributed by atoms with E-state index in [-0.39, 0.29) is 23.5 Å². The van der Waals surface area contributed by atoms with Crippen molar-refractivity contribution in [2.45, 2.75) is 12.5 Å². The van der Waals surface area contributed by atoms with Crippen LogP contribution in [0.25, 0.3) is 0 Å². The average molecular weight is 362 g/mol. The number of amides is 1. The molecule has 0 bridgehead atoms. The molecule has 5 nitrogen and oxygen atoms in total. The van der Waals surface area contributed by atoms with E-state index in [1.165, 1.54) is 12.0 Å². The molecule has 2 rings (SSSR count). The quantitative estimate of drug-likeness (QED) is 0.822. The molecule has 0 saturated carbocycles. The molecule has 0 aromatic heterocycles. The Labute approximate surface area is 127 Å². The summed E-state index contributed by atoms with van der Waals surface area (Å²) in [5.41, 5.74) is 0.469. The molecule has 0 spiro atoms. The minimum Gasteiger partial charge on any atom is -0.497 e. The average Bonchev–Trinajstić information content (AvgIpc) is 2.78. The van der Waals surface area contributed by atoms with Gasteiger partial charge in [-0.25, -0.2) is 8.42 Å². The van der Waals surface area contributed by atoms with Crippen LogP contribution in [0.5, 0.6) is 5.75 Å². The molecule has 1 atom stereocenters. The first-order valence-corrected chi connectivity index (χ1v) is 8.76. The highest BCUT2D eigenvalue weighted by Gasteiger charge is 2.33. The summed E-state index contributed by atoms with van der Waals surface area (Å²) < 4.78 is 28.8. The Kier molecular flexibility index (Phi) is 4.39. The Morgan fingerprint density at radius 3 is 2.70 bits per heavy atom. The molecule has 0 radical (unpaired) electrons. The van der Waals surface area contributed by atoms with Gasteiger partial charge in [0.25, 0.3) is 5.91 Å². The molecule has 1 aliphatic rings. The van der Waals surface area contributed by atoms with Crippen LogP contribution in [0.3, 0.4) is 0 Å². The fourth-order valence-corrected chi connectivity index (χ4v) is 4.42. The second-order valence-corrected chi connectivity index (χ2v) is 7.90. The standard InChI is InChI=1S/C13H16BrNO4S/c1-15(9-5-6-20(17,18)8-9)13(16)11-7-10(19-2)3-4-12(11)14/h3-4,7,9H,5-6,8H2,1-2H3. The minimum absolute atomic E-state index is 0.0385. The van der Waals surface area contributed by atoms with E-state index < -0.39 is 9.84 Å². The van der Waals surface area contributed by atoms with E-state index in [2.05, 4.69) is 15.9 Å². The fraction of sp³-hybridized carbons (Fsp3) is 0.462. The third kappa shape index (κ3) is 3.15. The zero-order valence-corrected chi connectivity index (χ0v) is 13.7. The summed E-state index contributed by atoms with van der Waals surface area (Å²) >= 11 is 3.34. The van der Waals surface area contributed by atoms with Gasteiger partial charge >= 0.3 is 0 Å². The summed E-state index contributed by atoms with van der Waals surface area (Å²) in [7, 11) is 0.162. The van der Waals surface area contributed by atoms with Gasteiger partial charge in [-0.2, -0.15) is 0 Å².